The fraction of sp³-hybridized carbons (Fsp3) is 0.241. The van der Waals surface area contributed by atoms with Crippen LogP contribution in [0.2, 0.25) is 0 Å². The summed E-state index contributed by atoms with van der Waals surface area (Å²) in [7, 11) is 1.59. The number of aromatic nitrogens is 1. The number of anilines is 1. The van der Waals surface area contributed by atoms with Crippen molar-refractivity contribution in [2.45, 2.75) is 19.9 Å². The first-order chi connectivity index (χ1) is 17.0. The molecule has 2 heterocycles. The Balaban J connectivity index is 1.51. The molecule has 0 spiro atoms. The molecular weight excluding hydrogens is 438 g/mol. The van der Waals surface area contributed by atoms with Crippen molar-refractivity contribution in [2.24, 2.45) is 0 Å². The predicted molar refractivity (Wildman–Crippen MR) is 140 cm³/mol. The molecule has 0 N–H and O–H groups in total. The highest BCUT2D eigenvalue weighted by Gasteiger charge is 2.29. The summed E-state index contributed by atoms with van der Waals surface area (Å²) in [6.45, 7) is 6.21. The molecule has 35 heavy (non-hydrogen) atoms. The van der Waals surface area contributed by atoms with Gasteiger partial charge in [-0.15, -0.1) is 0 Å². The van der Waals surface area contributed by atoms with E-state index in [-0.39, 0.29) is 17.5 Å². The minimum absolute atomic E-state index is 0.0618. The topological polar surface area (TPSA) is 54.8 Å². The van der Waals surface area contributed by atoms with Gasteiger partial charge < -0.3 is 14.5 Å². The van der Waals surface area contributed by atoms with Gasteiger partial charge in [-0.1, -0.05) is 42.0 Å². The summed E-state index contributed by atoms with van der Waals surface area (Å²) >= 11 is 0. The molecule has 6 nitrogen and oxygen atoms in total. The number of amides is 1. The molecule has 0 saturated carbocycles. The molecular formula is C29H29N3O3. The number of pyridine rings is 1. The van der Waals surface area contributed by atoms with Gasteiger partial charge in [0.2, 0.25) is 0 Å². The number of hydrogen-bond donors (Lipinski definition) is 0. The lowest BCUT2D eigenvalue weighted by molar-refractivity contribution is 0.0727. The van der Waals surface area contributed by atoms with Crippen molar-refractivity contribution < 1.29 is 9.53 Å². The summed E-state index contributed by atoms with van der Waals surface area (Å²) in [5, 5.41) is 1.20. The lowest BCUT2D eigenvalue weighted by Crippen LogP contribution is -2.53. The van der Waals surface area contributed by atoms with Crippen molar-refractivity contribution in [2.75, 3.05) is 31.6 Å². The first-order valence-electron chi connectivity index (χ1n) is 11.9. The Kier molecular flexibility index (Phi) is 6.03. The number of piperazine rings is 1. The van der Waals surface area contributed by atoms with Crippen LogP contribution in [0, 0.1) is 6.92 Å². The molecule has 178 valence electrons. The van der Waals surface area contributed by atoms with Crippen LogP contribution in [-0.4, -0.2) is 48.2 Å². The number of ether oxygens (including phenoxy) is 1. The molecule has 1 saturated heterocycles. The Bertz CT molecular complexity index is 1440. The maximum absolute atomic E-state index is 13.8. The van der Waals surface area contributed by atoms with Crippen LogP contribution in [-0.2, 0) is 0 Å². The van der Waals surface area contributed by atoms with E-state index < -0.39 is 0 Å². The van der Waals surface area contributed by atoms with Crippen molar-refractivity contribution in [3.8, 4) is 11.4 Å². The Morgan fingerprint density at radius 2 is 1.66 bits per heavy atom. The second-order valence-electron chi connectivity index (χ2n) is 9.09. The lowest BCUT2D eigenvalue weighted by atomic mass is 10.0. The maximum atomic E-state index is 13.8. The summed E-state index contributed by atoms with van der Waals surface area (Å²) in [6.07, 6.45) is 1.68. The molecule has 1 amide bonds. The minimum Gasteiger partial charge on any atom is -0.497 e. The molecule has 3 aromatic carbocycles. The molecule has 1 atom stereocenters. The number of aryl methyl sites for hydroxylation is 1. The molecule has 6 heteroatoms. The van der Waals surface area contributed by atoms with E-state index in [1.807, 2.05) is 41.3 Å². The van der Waals surface area contributed by atoms with Crippen molar-refractivity contribution in [3.63, 3.8) is 0 Å². The second kappa shape index (κ2) is 9.29. The zero-order valence-electron chi connectivity index (χ0n) is 20.3. The van der Waals surface area contributed by atoms with Gasteiger partial charge in [0.1, 0.15) is 5.75 Å². The van der Waals surface area contributed by atoms with E-state index in [4.69, 9.17) is 4.74 Å². The van der Waals surface area contributed by atoms with E-state index in [2.05, 4.69) is 43.0 Å². The van der Waals surface area contributed by atoms with Gasteiger partial charge in [-0.05, 0) is 44.2 Å². The maximum Gasteiger partial charge on any atom is 0.262 e. The van der Waals surface area contributed by atoms with Crippen molar-refractivity contribution in [1.29, 1.82) is 0 Å². The number of rotatable bonds is 4. The van der Waals surface area contributed by atoms with Crippen LogP contribution in [0.25, 0.3) is 16.5 Å². The van der Waals surface area contributed by atoms with Crippen LogP contribution >= 0.6 is 0 Å². The van der Waals surface area contributed by atoms with Crippen LogP contribution in [0.5, 0.6) is 5.75 Å². The predicted octanol–water partition coefficient (Wildman–Crippen LogP) is 4.66. The molecule has 1 aliphatic rings. The highest BCUT2D eigenvalue weighted by Crippen LogP contribution is 2.25. The van der Waals surface area contributed by atoms with Crippen LogP contribution in [0.1, 0.15) is 22.8 Å². The first-order valence-corrected chi connectivity index (χ1v) is 11.9. The third-order valence-electron chi connectivity index (χ3n) is 6.77. The number of carbonyl (C=O) groups excluding carboxylic acids is 1. The van der Waals surface area contributed by atoms with Crippen LogP contribution in [0.15, 0.2) is 83.8 Å². The van der Waals surface area contributed by atoms with E-state index >= 15 is 0 Å². The molecule has 0 radical (unpaired) electrons. The van der Waals surface area contributed by atoms with E-state index in [0.29, 0.717) is 40.9 Å². The largest absolute Gasteiger partial charge is 0.497 e. The zero-order valence-corrected chi connectivity index (χ0v) is 20.3. The summed E-state index contributed by atoms with van der Waals surface area (Å²) in [6, 6.07) is 23.3. The number of hydrogen-bond acceptors (Lipinski definition) is 4. The monoisotopic (exact) mass is 467 g/mol. The molecule has 1 aliphatic heterocycles. The van der Waals surface area contributed by atoms with Gasteiger partial charge in [-0.3, -0.25) is 14.2 Å². The first kappa shape index (κ1) is 22.7. The number of benzene rings is 3. The van der Waals surface area contributed by atoms with E-state index in [1.54, 1.807) is 30.0 Å². The smallest absolute Gasteiger partial charge is 0.262 e. The van der Waals surface area contributed by atoms with Crippen LogP contribution < -0.4 is 15.2 Å². The van der Waals surface area contributed by atoms with E-state index in [9.17, 15) is 9.59 Å². The SMILES string of the molecule is COc1cccc(-n2cc(C(=O)N3CCN(c4ccc(C)cc4)C(C)C3)c3ccccc3c2=O)c1. The number of methoxy groups -OCH3 is 1. The summed E-state index contributed by atoms with van der Waals surface area (Å²) in [5.41, 5.74) is 3.43. The number of fused-ring (bicyclic) bond motifs is 1. The minimum atomic E-state index is -0.164. The van der Waals surface area contributed by atoms with Gasteiger partial charge in [-0.2, -0.15) is 0 Å². The van der Waals surface area contributed by atoms with Gasteiger partial charge >= 0.3 is 0 Å². The zero-order chi connectivity index (χ0) is 24.5. The summed E-state index contributed by atoms with van der Waals surface area (Å²) in [4.78, 5) is 31.4. The van der Waals surface area contributed by atoms with Crippen LogP contribution in [0.3, 0.4) is 0 Å². The third-order valence-corrected chi connectivity index (χ3v) is 6.77. The Labute approximate surface area is 205 Å². The molecule has 4 aromatic rings. The van der Waals surface area contributed by atoms with Crippen molar-refractivity contribution in [3.05, 3.63) is 100 Å². The van der Waals surface area contributed by atoms with Crippen LogP contribution in [0.4, 0.5) is 5.69 Å². The Morgan fingerprint density at radius 1 is 0.914 bits per heavy atom. The fourth-order valence-electron chi connectivity index (χ4n) is 4.85. The summed E-state index contributed by atoms with van der Waals surface area (Å²) < 4.78 is 6.89. The quantitative estimate of drug-likeness (QED) is 0.438. The van der Waals surface area contributed by atoms with Gasteiger partial charge in [0.25, 0.3) is 11.5 Å². The Morgan fingerprint density at radius 3 is 2.37 bits per heavy atom. The third kappa shape index (κ3) is 4.28. The molecule has 0 bridgehead atoms. The molecule has 1 unspecified atom stereocenters. The van der Waals surface area contributed by atoms with Gasteiger partial charge in [-0.25, -0.2) is 0 Å². The molecule has 1 fully saturated rings. The standard InChI is InChI=1S/C29H29N3O3/c1-20-11-13-22(14-12-20)31-16-15-30(18-21(31)2)28(33)27-19-32(23-7-6-8-24(17-23)35-3)29(34)26-10-5-4-9-25(26)27/h4-14,17,19,21H,15-16,18H2,1-3H3. The number of nitrogens with zero attached hydrogens (tertiary/aromatic N) is 3. The second-order valence-corrected chi connectivity index (χ2v) is 9.09. The van der Waals surface area contributed by atoms with Gasteiger partial charge in [0.05, 0.1) is 18.4 Å². The normalized spacial score (nSPS) is 15.9. The number of carbonyl (C=O) groups is 1. The summed E-state index contributed by atoms with van der Waals surface area (Å²) in [5.74, 6) is 0.588. The average Bonchev–Trinajstić information content (AvgIpc) is 2.89. The average molecular weight is 468 g/mol. The van der Waals surface area contributed by atoms with E-state index in [1.165, 1.54) is 11.3 Å². The molecule has 5 rings (SSSR count). The van der Waals surface area contributed by atoms with Gasteiger partial charge in [0.15, 0.2) is 0 Å². The fourth-order valence-corrected chi connectivity index (χ4v) is 4.85. The van der Waals surface area contributed by atoms with Gasteiger partial charge in [0, 0.05) is 54.4 Å². The van der Waals surface area contributed by atoms with Crippen molar-refractivity contribution >= 4 is 22.4 Å². The highest BCUT2D eigenvalue weighted by molar-refractivity contribution is 6.06. The lowest BCUT2D eigenvalue weighted by Gasteiger charge is -2.41. The molecule has 1 aromatic heterocycles. The molecule has 0 aliphatic carbocycles. The Hall–Kier alpha value is -4.06. The van der Waals surface area contributed by atoms with Crippen molar-refractivity contribution in [1.82, 2.24) is 9.47 Å². The highest BCUT2D eigenvalue weighted by atomic mass is 16.5. The van der Waals surface area contributed by atoms with E-state index in [0.717, 1.165) is 6.54 Å².